The van der Waals surface area contributed by atoms with E-state index in [-0.39, 0.29) is 11.4 Å². The van der Waals surface area contributed by atoms with Crippen LogP contribution >= 0.6 is 11.6 Å². The van der Waals surface area contributed by atoms with Gasteiger partial charge in [-0.25, -0.2) is 0 Å². The van der Waals surface area contributed by atoms with E-state index in [0.717, 1.165) is 42.5 Å². The van der Waals surface area contributed by atoms with Crippen LogP contribution in [0.5, 0.6) is 0 Å². The van der Waals surface area contributed by atoms with Crippen LogP contribution in [0, 0.1) is 0 Å². The number of hydrogen-bond donors (Lipinski definition) is 2. The molecule has 1 aliphatic rings. The van der Waals surface area contributed by atoms with Crippen LogP contribution in [0.1, 0.15) is 25.8 Å². The van der Waals surface area contributed by atoms with E-state index in [0.29, 0.717) is 0 Å². The predicted molar refractivity (Wildman–Crippen MR) is 103 cm³/mol. The molecule has 1 fully saturated rings. The zero-order valence-electron chi connectivity index (χ0n) is 14.7. The molecular weight excluding hydrogens is 334 g/mol. The monoisotopic (exact) mass is 357 g/mol. The SMILES string of the molecule is CC(=O)NC1(C)CCN(Cc2cccc(Nc3cccc(Cl)c3)c2)C1. The van der Waals surface area contributed by atoms with Crippen LogP contribution in [0.2, 0.25) is 5.02 Å². The first kappa shape index (κ1) is 17.8. The summed E-state index contributed by atoms with van der Waals surface area (Å²) in [5, 5.41) is 7.19. The molecule has 0 aromatic heterocycles. The smallest absolute Gasteiger partial charge is 0.217 e. The molecule has 5 heteroatoms. The molecule has 0 radical (unpaired) electrons. The number of nitrogens with one attached hydrogen (secondary N) is 2. The number of benzene rings is 2. The average Bonchev–Trinajstić information content (AvgIpc) is 2.87. The summed E-state index contributed by atoms with van der Waals surface area (Å²) in [7, 11) is 0. The van der Waals surface area contributed by atoms with E-state index in [2.05, 4.69) is 46.7 Å². The minimum atomic E-state index is -0.123. The van der Waals surface area contributed by atoms with Gasteiger partial charge in [0.05, 0.1) is 5.54 Å². The Morgan fingerprint density at radius 1 is 1.20 bits per heavy atom. The van der Waals surface area contributed by atoms with Gasteiger partial charge in [-0.05, 0) is 49.2 Å². The number of anilines is 2. The second-order valence-corrected chi connectivity index (χ2v) is 7.47. The third-order valence-corrected chi connectivity index (χ3v) is 4.71. The highest BCUT2D eigenvalue weighted by molar-refractivity contribution is 6.30. The maximum atomic E-state index is 11.4. The highest BCUT2D eigenvalue weighted by atomic mass is 35.5. The van der Waals surface area contributed by atoms with Crippen LogP contribution in [0.4, 0.5) is 11.4 Å². The van der Waals surface area contributed by atoms with Gasteiger partial charge in [-0.2, -0.15) is 0 Å². The van der Waals surface area contributed by atoms with Crippen molar-refractivity contribution in [1.29, 1.82) is 0 Å². The number of halogens is 1. The molecule has 1 unspecified atom stereocenters. The molecule has 3 rings (SSSR count). The van der Waals surface area contributed by atoms with E-state index in [1.54, 1.807) is 6.92 Å². The molecule has 2 N–H and O–H groups in total. The topological polar surface area (TPSA) is 44.4 Å². The second kappa shape index (κ2) is 7.46. The zero-order chi connectivity index (χ0) is 17.9. The summed E-state index contributed by atoms with van der Waals surface area (Å²) in [5.74, 6) is 0.0390. The quantitative estimate of drug-likeness (QED) is 0.843. The van der Waals surface area contributed by atoms with Gasteiger partial charge >= 0.3 is 0 Å². The summed E-state index contributed by atoms with van der Waals surface area (Å²) >= 11 is 6.04. The first-order valence-electron chi connectivity index (χ1n) is 8.55. The minimum absolute atomic E-state index is 0.0390. The van der Waals surface area contributed by atoms with Crippen LogP contribution in [0.15, 0.2) is 48.5 Å². The molecule has 1 atom stereocenters. The van der Waals surface area contributed by atoms with Gasteiger partial charge in [-0.1, -0.05) is 29.8 Å². The number of amides is 1. The summed E-state index contributed by atoms with van der Waals surface area (Å²) in [6.07, 6.45) is 0.979. The van der Waals surface area contributed by atoms with Gasteiger partial charge in [0, 0.05) is 43.0 Å². The fourth-order valence-corrected chi connectivity index (χ4v) is 3.65. The molecule has 132 valence electrons. The maximum Gasteiger partial charge on any atom is 0.217 e. The molecule has 1 amide bonds. The van der Waals surface area contributed by atoms with Gasteiger partial charge in [-0.3, -0.25) is 9.69 Å². The van der Waals surface area contributed by atoms with E-state index in [1.165, 1.54) is 5.56 Å². The van der Waals surface area contributed by atoms with Crippen LogP contribution < -0.4 is 10.6 Å². The Hall–Kier alpha value is -2.04. The summed E-state index contributed by atoms with van der Waals surface area (Å²) < 4.78 is 0. The van der Waals surface area contributed by atoms with Gasteiger partial charge in [0.1, 0.15) is 0 Å². The summed E-state index contributed by atoms with van der Waals surface area (Å²) in [5.41, 5.74) is 3.15. The lowest BCUT2D eigenvalue weighted by atomic mass is 10.0. The number of rotatable bonds is 5. The highest BCUT2D eigenvalue weighted by Crippen LogP contribution is 2.25. The van der Waals surface area contributed by atoms with Gasteiger partial charge in [0.2, 0.25) is 5.91 Å². The van der Waals surface area contributed by atoms with Crippen molar-refractivity contribution in [2.75, 3.05) is 18.4 Å². The summed E-state index contributed by atoms with van der Waals surface area (Å²) in [6, 6.07) is 16.1. The van der Waals surface area contributed by atoms with Gasteiger partial charge < -0.3 is 10.6 Å². The Bertz CT molecular complexity index is 764. The lowest BCUT2D eigenvalue weighted by Gasteiger charge is -2.25. The molecular formula is C20H24ClN3O. The summed E-state index contributed by atoms with van der Waals surface area (Å²) in [4.78, 5) is 13.7. The van der Waals surface area contributed by atoms with Crippen molar-refractivity contribution in [2.45, 2.75) is 32.4 Å². The van der Waals surface area contributed by atoms with Crippen LogP contribution in [0.3, 0.4) is 0 Å². The van der Waals surface area contributed by atoms with E-state index in [1.807, 2.05) is 24.3 Å². The number of carbonyl (C=O) groups excluding carboxylic acids is 1. The van der Waals surface area contributed by atoms with E-state index >= 15 is 0 Å². The van der Waals surface area contributed by atoms with Crippen molar-refractivity contribution in [3.63, 3.8) is 0 Å². The molecule has 2 aromatic rings. The van der Waals surface area contributed by atoms with Crippen LogP contribution in [0.25, 0.3) is 0 Å². The van der Waals surface area contributed by atoms with E-state index < -0.39 is 0 Å². The Balaban J connectivity index is 1.63. The van der Waals surface area contributed by atoms with Gasteiger partial charge in [-0.15, -0.1) is 0 Å². The Morgan fingerprint density at radius 2 is 1.92 bits per heavy atom. The van der Waals surface area contributed by atoms with Crippen molar-refractivity contribution in [3.8, 4) is 0 Å². The Morgan fingerprint density at radius 3 is 2.64 bits per heavy atom. The van der Waals surface area contributed by atoms with Crippen molar-refractivity contribution < 1.29 is 4.79 Å². The van der Waals surface area contributed by atoms with Crippen LogP contribution in [-0.2, 0) is 11.3 Å². The third kappa shape index (κ3) is 4.97. The molecule has 1 saturated heterocycles. The molecule has 2 aromatic carbocycles. The van der Waals surface area contributed by atoms with E-state index in [4.69, 9.17) is 11.6 Å². The standard InChI is InChI=1S/C20H24ClN3O/c1-15(25)23-20(2)9-10-24(14-20)13-16-5-3-7-18(11-16)22-19-8-4-6-17(21)12-19/h3-8,11-12,22H,9-10,13-14H2,1-2H3,(H,23,25). The first-order chi connectivity index (χ1) is 11.9. The van der Waals surface area contributed by atoms with Crippen molar-refractivity contribution in [3.05, 3.63) is 59.1 Å². The number of likely N-dealkylation sites (tertiary alicyclic amines) is 1. The lowest BCUT2D eigenvalue weighted by Crippen LogP contribution is -2.46. The first-order valence-corrected chi connectivity index (χ1v) is 8.92. The largest absolute Gasteiger partial charge is 0.355 e. The van der Waals surface area contributed by atoms with Crippen LogP contribution in [-0.4, -0.2) is 29.4 Å². The van der Waals surface area contributed by atoms with Crippen molar-refractivity contribution >= 4 is 28.9 Å². The van der Waals surface area contributed by atoms with Gasteiger partial charge in [0.25, 0.3) is 0 Å². The number of carbonyl (C=O) groups is 1. The Kier molecular flexibility index (Phi) is 5.30. The van der Waals surface area contributed by atoms with E-state index in [9.17, 15) is 4.79 Å². The average molecular weight is 358 g/mol. The molecule has 4 nitrogen and oxygen atoms in total. The molecule has 0 aliphatic carbocycles. The molecule has 0 spiro atoms. The predicted octanol–water partition coefficient (Wildman–Crippen LogP) is 4.18. The normalized spacial score (nSPS) is 20.4. The fourth-order valence-electron chi connectivity index (χ4n) is 3.46. The van der Waals surface area contributed by atoms with Crippen molar-refractivity contribution in [1.82, 2.24) is 10.2 Å². The zero-order valence-corrected chi connectivity index (χ0v) is 15.4. The fraction of sp³-hybridized carbons (Fsp3) is 0.350. The third-order valence-electron chi connectivity index (χ3n) is 4.48. The van der Waals surface area contributed by atoms with Crippen molar-refractivity contribution in [2.24, 2.45) is 0 Å². The second-order valence-electron chi connectivity index (χ2n) is 7.04. The maximum absolute atomic E-state index is 11.4. The summed E-state index contributed by atoms with van der Waals surface area (Å²) in [6.45, 7) is 6.44. The molecule has 0 saturated carbocycles. The molecule has 1 aliphatic heterocycles. The number of nitrogens with zero attached hydrogens (tertiary/aromatic N) is 1. The molecule has 1 heterocycles. The van der Waals surface area contributed by atoms with Gasteiger partial charge in [0.15, 0.2) is 0 Å². The Labute approximate surface area is 154 Å². The lowest BCUT2D eigenvalue weighted by molar-refractivity contribution is -0.120. The molecule has 25 heavy (non-hydrogen) atoms. The number of hydrogen-bond acceptors (Lipinski definition) is 3. The molecule has 0 bridgehead atoms. The highest BCUT2D eigenvalue weighted by Gasteiger charge is 2.34. The minimum Gasteiger partial charge on any atom is -0.355 e.